The summed E-state index contributed by atoms with van der Waals surface area (Å²) in [6.07, 6.45) is -4.29. The maximum Gasteiger partial charge on any atom is 0.401 e. The molecule has 3 N–H and O–H groups in total. The normalized spacial score (nSPS) is 13.8. The van der Waals surface area contributed by atoms with Crippen LogP contribution in [-0.2, 0) is 0 Å². The summed E-state index contributed by atoms with van der Waals surface area (Å²) in [5.74, 6) is 0. The van der Waals surface area contributed by atoms with Crippen molar-refractivity contribution in [1.82, 2.24) is 5.32 Å². The second kappa shape index (κ2) is 5.91. The Morgan fingerprint density at radius 1 is 1.29 bits per heavy atom. The second-order valence-corrected chi connectivity index (χ2v) is 4.29. The molecule has 1 unspecified atom stereocenters. The zero-order valence-corrected chi connectivity index (χ0v) is 10.2. The molecule has 0 radical (unpaired) electrons. The molecule has 0 fully saturated rings. The lowest BCUT2D eigenvalue weighted by Crippen LogP contribution is -2.35. The van der Waals surface area contributed by atoms with Gasteiger partial charge in [-0.25, -0.2) is 0 Å². The van der Waals surface area contributed by atoms with Crippen LogP contribution in [0.2, 0.25) is 10.0 Å². The topological polar surface area (TPSA) is 38.0 Å². The summed E-state index contributed by atoms with van der Waals surface area (Å²) < 4.78 is 36.2. The third kappa shape index (κ3) is 4.71. The van der Waals surface area contributed by atoms with E-state index in [9.17, 15) is 13.2 Å². The number of benzene rings is 1. The first-order valence-electron chi connectivity index (χ1n) is 4.78. The number of nitrogens with one attached hydrogen (secondary N) is 1. The highest BCUT2D eigenvalue weighted by Crippen LogP contribution is 2.26. The van der Waals surface area contributed by atoms with Crippen LogP contribution >= 0.6 is 23.2 Å². The van der Waals surface area contributed by atoms with Crippen molar-refractivity contribution in [3.63, 3.8) is 0 Å². The van der Waals surface area contributed by atoms with E-state index in [-0.39, 0.29) is 6.54 Å². The fraction of sp³-hybridized carbons (Fsp3) is 0.400. The molecule has 7 heteroatoms. The van der Waals surface area contributed by atoms with Gasteiger partial charge in [-0.05, 0) is 17.7 Å². The highest BCUT2D eigenvalue weighted by Gasteiger charge is 2.28. The van der Waals surface area contributed by atoms with E-state index in [1.54, 1.807) is 12.1 Å². The van der Waals surface area contributed by atoms with E-state index in [1.165, 1.54) is 6.07 Å². The van der Waals surface area contributed by atoms with Gasteiger partial charge in [-0.15, -0.1) is 0 Å². The van der Waals surface area contributed by atoms with Crippen molar-refractivity contribution >= 4 is 23.2 Å². The summed E-state index contributed by atoms with van der Waals surface area (Å²) in [6.45, 7) is -1.11. The molecule has 0 saturated carbocycles. The average Bonchev–Trinajstić information content (AvgIpc) is 2.19. The zero-order valence-electron chi connectivity index (χ0n) is 8.69. The Bertz CT molecular complexity index is 382. The maximum absolute atomic E-state index is 12.1. The molecule has 1 aromatic carbocycles. The Kier molecular flexibility index (Phi) is 5.06. The van der Waals surface area contributed by atoms with Crippen LogP contribution in [0.3, 0.4) is 0 Å². The lowest BCUT2D eigenvalue weighted by molar-refractivity contribution is -0.126. The van der Waals surface area contributed by atoms with Crippen LogP contribution in [-0.4, -0.2) is 19.3 Å². The number of hydrogen-bond donors (Lipinski definition) is 2. The van der Waals surface area contributed by atoms with Crippen LogP contribution in [0.1, 0.15) is 11.6 Å². The lowest BCUT2D eigenvalue weighted by Gasteiger charge is -2.19. The summed E-state index contributed by atoms with van der Waals surface area (Å²) in [6, 6.07) is 3.93. The van der Waals surface area contributed by atoms with Gasteiger partial charge in [0.15, 0.2) is 0 Å². The maximum atomic E-state index is 12.1. The molecule has 0 saturated heterocycles. The molecule has 1 aromatic rings. The highest BCUT2D eigenvalue weighted by atomic mass is 35.5. The second-order valence-electron chi connectivity index (χ2n) is 3.45. The van der Waals surface area contributed by atoms with Crippen molar-refractivity contribution in [3.8, 4) is 0 Å². The van der Waals surface area contributed by atoms with Gasteiger partial charge in [0.1, 0.15) is 0 Å². The minimum Gasteiger partial charge on any atom is -0.329 e. The van der Waals surface area contributed by atoms with Crippen LogP contribution in [0.25, 0.3) is 0 Å². The zero-order chi connectivity index (χ0) is 13.1. The lowest BCUT2D eigenvalue weighted by atomic mass is 10.1. The minimum absolute atomic E-state index is 0.0113. The molecule has 17 heavy (non-hydrogen) atoms. The van der Waals surface area contributed by atoms with E-state index in [0.717, 1.165) is 0 Å². The molecule has 0 spiro atoms. The molecule has 1 rings (SSSR count). The molecule has 0 amide bonds. The molecule has 0 heterocycles. The minimum atomic E-state index is -4.29. The van der Waals surface area contributed by atoms with E-state index in [2.05, 4.69) is 5.32 Å². The van der Waals surface area contributed by atoms with E-state index in [0.29, 0.717) is 15.6 Å². The predicted octanol–water partition coefficient (Wildman–Crippen LogP) is 3.15. The number of alkyl halides is 3. The Hall–Kier alpha value is -0.490. The van der Waals surface area contributed by atoms with E-state index in [1.807, 2.05) is 0 Å². The first-order chi connectivity index (χ1) is 7.83. The Morgan fingerprint density at radius 3 is 2.41 bits per heavy atom. The van der Waals surface area contributed by atoms with Crippen molar-refractivity contribution in [1.29, 1.82) is 0 Å². The largest absolute Gasteiger partial charge is 0.401 e. The van der Waals surface area contributed by atoms with Gasteiger partial charge in [-0.2, -0.15) is 13.2 Å². The Balaban J connectivity index is 2.79. The van der Waals surface area contributed by atoms with Gasteiger partial charge in [0.2, 0.25) is 0 Å². The van der Waals surface area contributed by atoms with Gasteiger partial charge < -0.3 is 11.1 Å². The Labute approximate surface area is 107 Å². The van der Waals surface area contributed by atoms with Crippen molar-refractivity contribution in [2.75, 3.05) is 13.1 Å². The SMILES string of the molecule is NCC(NCC(F)(F)F)c1ccc(Cl)cc1Cl. The molecule has 0 aliphatic carbocycles. The molecular weight excluding hydrogens is 276 g/mol. The van der Waals surface area contributed by atoms with Gasteiger partial charge >= 0.3 is 6.18 Å². The predicted molar refractivity (Wildman–Crippen MR) is 62.3 cm³/mol. The first-order valence-corrected chi connectivity index (χ1v) is 5.54. The first kappa shape index (κ1) is 14.6. The van der Waals surface area contributed by atoms with E-state index in [4.69, 9.17) is 28.9 Å². The van der Waals surface area contributed by atoms with Crippen molar-refractivity contribution in [2.24, 2.45) is 5.73 Å². The van der Waals surface area contributed by atoms with Crippen LogP contribution in [0.4, 0.5) is 13.2 Å². The quantitative estimate of drug-likeness (QED) is 0.892. The highest BCUT2D eigenvalue weighted by molar-refractivity contribution is 6.35. The molecule has 1 atom stereocenters. The van der Waals surface area contributed by atoms with Crippen LogP contribution in [0, 0.1) is 0 Å². The molecule has 0 bridgehead atoms. The number of rotatable bonds is 4. The van der Waals surface area contributed by atoms with Gasteiger partial charge in [0.05, 0.1) is 6.54 Å². The average molecular weight is 287 g/mol. The standard InChI is InChI=1S/C10H11Cl2F3N2/c11-6-1-2-7(8(12)3-6)9(4-16)17-5-10(13,14)15/h1-3,9,17H,4-5,16H2. The van der Waals surface area contributed by atoms with Gasteiger partial charge in [-0.3, -0.25) is 0 Å². The molecular formula is C10H11Cl2F3N2. The van der Waals surface area contributed by atoms with Gasteiger partial charge in [0, 0.05) is 22.6 Å². The van der Waals surface area contributed by atoms with Crippen LogP contribution in [0.5, 0.6) is 0 Å². The summed E-state index contributed by atoms with van der Waals surface area (Å²) >= 11 is 11.6. The smallest absolute Gasteiger partial charge is 0.329 e. The van der Waals surface area contributed by atoms with Crippen LogP contribution in [0.15, 0.2) is 18.2 Å². The Morgan fingerprint density at radius 2 is 1.94 bits per heavy atom. The molecule has 96 valence electrons. The molecule has 0 aliphatic rings. The number of hydrogen-bond acceptors (Lipinski definition) is 2. The fourth-order valence-corrected chi connectivity index (χ4v) is 1.88. The third-order valence-electron chi connectivity index (χ3n) is 2.12. The third-order valence-corrected chi connectivity index (χ3v) is 2.68. The van der Waals surface area contributed by atoms with Gasteiger partial charge in [0.25, 0.3) is 0 Å². The molecule has 0 aromatic heterocycles. The molecule has 2 nitrogen and oxygen atoms in total. The monoisotopic (exact) mass is 286 g/mol. The van der Waals surface area contributed by atoms with Gasteiger partial charge in [-0.1, -0.05) is 29.3 Å². The molecule has 0 aliphatic heterocycles. The fourth-order valence-electron chi connectivity index (χ4n) is 1.34. The van der Waals surface area contributed by atoms with E-state index >= 15 is 0 Å². The summed E-state index contributed by atoms with van der Waals surface area (Å²) in [7, 11) is 0. The summed E-state index contributed by atoms with van der Waals surface area (Å²) in [4.78, 5) is 0. The van der Waals surface area contributed by atoms with E-state index < -0.39 is 18.8 Å². The van der Waals surface area contributed by atoms with Crippen molar-refractivity contribution in [3.05, 3.63) is 33.8 Å². The number of halogens is 5. The van der Waals surface area contributed by atoms with Crippen molar-refractivity contribution < 1.29 is 13.2 Å². The van der Waals surface area contributed by atoms with Crippen LogP contribution < -0.4 is 11.1 Å². The summed E-state index contributed by atoms with van der Waals surface area (Å²) in [5, 5.41) is 3.02. The summed E-state index contributed by atoms with van der Waals surface area (Å²) in [5.41, 5.74) is 5.92. The number of nitrogens with two attached hydrogens (primary N) is 1. The van der Waals surface area contributed by atoms with Crippen molar-refractivity contribution in [2.45, 2.75) is 12.2 Å².